The number of amides is 1. The van der Waals surface area contributed by atoms with Gasteiger partial charge in [0.25, 0.3) is 0 Å². The van der Waals surface area contributed by atoms with Gasteiger partial charge in [-0.25, -0.2) is 14.8 Å². The van der Waals surface area contributed by atoms with E-state index in [0.29, 0.717) is 44.2 Å². The lowest BCUT2D eigenvalue weighted by molar-refractivity contribution is 0.105. The third-order valence-corrected chi connectivity index (χ3v) is 4.07. The fraction of sp³-hybridized carbons (Fsp3) is 0.333. The van der Waals surface area contributed by atoms with Gasteiger partial charge in [0.1, 0.15) is 18.0 Å². The Labute approximate surface area is 152 Å². The number of nitrogens with zero attached hydrogens (tertiary/aromatic N) is 5. The monoisotopic (exact) mass is 352 g/mol. The molecule has 134 valence electrons. The van der Waals surface area contributed by atoms with E-state index in [1.54, 1.807) is 24.0 Å². The van der Waals surface area contributed by atoms with Crippen LogP contribution in [0, 0.1) is 11.3 Å². The van der Waals surface area contributed by atoms with E-state index < -0.39 is 0 Å². The number of hydrogen-bond acceptors (Lipinski definition) is 7. The van der Waals surface area contributed by atoms with Crippen molar-refractivity contribution in [2.75, 3.05) is 43.0 Å². The van der Waals surface area contributed by atoms with Crippen molar-refractivity contribution in [3.05, 3.63) is 42.2 Å². The van der Waals surface area contributed by atoms with Crippen LogP contribution in [0.1, 0.15) is 12.5 Å². The summed E-state index contributed by atoms with van der Waals surface area (Å²) >= 11 is 0. The van der Waals surface area contributed by atoms with E-state index in [9.17, 15) is 4.79 Å². The van der Waals surface area contributed by atoms with Crippen molar-refractivity contribution in [3.8, 4) is 6.07 Å². The summed E-state index contributed by atoms with van der Waals surface area (Å²) in [6.07, 6.45) is 1.25. The van der Waals surface area contributed by atoms with Crippen molar-refractivity contribution in [1.29, 1.82) is 5.26 Å². The molecule has 1 saturated heterocycles. The average molecular weight is 352 g/mol. The second-order valence-electron chi connectivity index (χ2n) is 5.75. The molecule has 8 heteroatoms. The Balaban J connectivity index is 1.62. The van der Waals surface area contributed by atoms with Crippen LogP contribution in [-0.4, -0.2) is 53.7 Å². The second-order valence-corrected chi connectivity index (χ2v) is 5.75. The standard InChI is InChI=1S/C18H20N6O2/c1-2-26-18(25)24-9-7-23(8-10-24)17-11-16(20-13-21-17)22-15-5-3-14(12-19)4-6-15/h3-6,11,13H,2,7-10H2,1H3,(H,20,21,22). The largest absolute Gasteiger partial charge is 0.450 e. The van der Waals surface area contributed by atoms with Crippen molar-refractivity contribution in [1.82, 2.24) is 14.9 Å². The highest BCUT2D eigenvalue weighted by atomic mass is 16.6. The number of benzene rings is 1. The number of nitrogens with one attached hydrogen (secondary N) is 1. The number of carbonyl (C=O) groups excluding carboxylic acids is 1. The van der Waals surface area contributed by atoms with Crippen molar-refractivity contribution in [2.24, 2.45) is 0 Å². The molecule has 1 aromatic carbocycles. The summed E-state index contributed by atoms with van der Waals surface area (Å²) in [6.45, 7) is 4.76. The lowest BCUT2D eigenvalue weighted by atomic mass is 10.2. The first-order valence-electron chi connectivity index (χ1n) is 8.45. The number of anilines is 3. The molecule has 0 unspecified atom stereocenters. The molecule has 0 spiro atoms. The van der Waals surface area contributed by atoms with Gasteiger partial charge in [-0.1, -0.05) is 0 Å². The molecule has 1 aliphatic heterocycles. The first-order chi connectivity index (χ1) is 12.7. The Bertz CT molecular complexity index is 794. The molecule has 1 fully saturated rings. The zero-order valence-electron chi connectivity index (χ0n) is 14.6. The predicted molar refractivity (Wildman–Crippen MR) is 97.3 cm³/mol. The number of nitriles is 1. The van der Waals surface area contributed by atoms with E-state index >= 15 is 0 Å². The predicted octanol–water partition coefficient (Wildman–Crippen LogP) is 2.37. The van der Waals surface area contributed by atoms with Gasteiger partial charge in [0.05, 0.1) is 18.2 Å². The molecular formula is C18H20N6O2. The van der Waals surface area contributed by atoms with Crippen LogP contribution in [0.2, 0.25) is 0 Å². The third kappa shape index (κ3) is 4.19. The second kappa shape index (κ2) is 8.16. The summed E-state index contributed by atoms with van der Waals surface area (Å²) in [4.78, 5) is 24.2. The van der Waals surface area contributed by atoms with E-state index in [1.165, 1.54) is 6.33 Å². The van der Waals surface area contributed by atoms with Crippen LogP contribution in [0.3, 0.4) is 0 Å². The molecule has 0 saturated carbocycles. The van der Waals surface area contributed by atoms with Crippen molar-refractivity contribution in [2.45, 2.75) is 6.92 Å². The summed E-state index contributed by atoms with van der Waals surface area (Å²) in [5.74, 6) is 1.48. The van der Waals surface area contributed by atoms with Gasteiger partial charge in [-0.15, -0.1) is 0 Å². The van der Waals surface area contributed by atoms with Crippen molar-refractivity contribution >= 4 is 23.4 Å². The maximum atomic E-state index is 11.8. The molecule has 26 heavy (non-hydrogen) atoms. The molecule has 1 aromatic heterocycles. The smallest absolute Gasteiger partial charge is 0.409 e. The molecule has 0 radical (unpaired) electrons. The number of aromatic nitrogens is 2. The summed E-state index contributed by atoms with van der Waals surface area (Å²) < 4.78 is 5.04. The van der Waals surface area contributed by atoms with E-state index in [4.69, 9.17) is 10.00 Å². The highest BCUT2D eigenvalue weighted by molar-refractivity contribution is 5.68. The molecule has 2 heterocycles. The highest BCUT2D eigenvalue weighted by Gasteiger charge is 2.22. The van der Waals surface area contributed by atoms with Gasteiger partial charge >= 0.3 is 6.09 Å². The number of hydrogen-bond donors (Lipinski definition) is 1. The van der Waals surface area contributed by atoms with Crippen LogP contribution < -0.4 is 10.2 Å². The molecule has 1 N–H and O–H groups in total. The molecule has 3 rings (SSSR count). The molecule has 1 aliphatic rings. The fourth-order valence-electron chi connectivity index (χ4n) is 2.70. The van der Waals surface area contributed by atoms with E-state index in [0.717, 1.165) is 11.5 Å². The van der Waals surface area contributed by atoms with Gasteiger partial charge < -0.3 is 19.9 Å². The summed E-state index contributed by atoms with van der Waals surface area (Å²) in [7, 11) is 0. The van der Waals surface area contributed by atoms with Gasteiger partial charge in [-0.3, -0.25) is 0 Å². The molecule has 0 atom stereocenters. The molecule has 1 amide bonds. The Morgan fingerprint density at radius 2 is 1.96 bits per heavy atom. The molecule has 0 aliphatic carbocycles. The minimum atomic E-state index is -0.266. The van der Waals surface area contributed by atoms with Gasteiger partial charge in [0.15, 0.2) is 0 Å². The van der Waals surface area contributed by atoms with Crippen LogP contribution in [0.5, 0.6) is 0 Å². The minimum absolute atomic E-state index is 0.266. The number of carbonyl (C=O) groups is 1. The van der Waals surface area contributed by atoms with Gasteiger partial charge in [0.2, 0.25) is 0 Å². The van der Waals surface area contributed by atoms with E-state index in [1.807, 2.05) is 18.2 Å². The van der Waals surface area contributed by atoms with Gasteiger partial charge in [0, 0.05) is 37.9 Å². The van der Waals surface area contributed by atoms with Crippen LogP contribution in [-0.2, 0) is 4.74 Å². The Morgan fingerprint density at radius 1 is 1.23 bits per heavy atom. The Morgan fingerprint density at radius 3 is 2.62 bits per heavy atom. The highest BCUT2D eigenvalue weighted by Crippen LogP contribution is 2.20. The zero-order valence-corrected chi connectivity index (χ0v) is 14.6. The van der Waals surface area contributed by atoms with E-state index in [-0.39, 0.29) is 6.09 Å². The van der Waals surface area contributed by atoms with Crippen LogP contribution in [0.15, 0.2) is 36.7 Å². The normalized spacial score (nSPS) is 13.8. The third-order valence-electron chi connectivity index (χ3n) is 4.07. The van der Waals surface area contributed by atoms with E-state index in [2.05, 4.69) is 26.3 Å². The number of rotatable bonds is 4. The Hall–Kier alpha value is -3.34. The maximum absolute atomic E-state index is 11.8. The maximum Gasteiger partial charge on any atom is 0.409 e. The van der Waals surface area contributed by atoms with Crippen LogP contribution >= 0.6 is 0 Å². The molecule has 2 aromatic rings. The first kappa shape index (κ1) is 17.5. The Kier molecular flexibility index (Phi) is 5.49. The van der Waals surface area contributed by atoms with Crippen LogP contribution in [0.25, 0.3) is 0 Å². The van der Waals surface area contributed by atoms with Gasteiger partial charge in [-0.2, -0.15) is 5.26 Å². The van der Waals surface area contributed by atoms with Crippen molar-refractivity contribution in [3.63, 3.8) is 0 Å². The minimum Gasteiger partial charge on any atom is -0.450 e. The number of piperazine rings is 1. The van der Waals surface area contributed by atoms with Gasteiger partial charge in [-0.05, 0) is 31.2 Å². The lowest BCUT2D eigenvalue weighted by Gasteiger charge is -2.34. The molecule has 0 bridgehead atoms. The summed E-state index contributed by atoms with van der Waals surface area (Å²) in [5.41, 5.74) is 1.46. The quantitative estimate of drug-likeness (QED) is 0.902. The molecule has 8 nitrogen and oxygen atoms in total. The fourth-order valence-corrected chi connectivity index (χ4v) is 2.70. The first-order valence-corrected chi connectivity index (χ1v) is 8.45. The summed E-state index contributed by atoms with van der Waals surface area (Å²) in [6, 6.07) is 11.1. The van der Waals surface area contributed by atoms with Crippen molar-refractivity contribution < 1.29 is 9.53 Å². The van der Waals surface area contributed by atoms with Crippen LogP contribution in [0.4, 0.5) is 22.1 Å². The molecular weight excluding hydrogens is 332 g/mol. The zero-order chi connectivity index (χ0) is 18.4. The number of ether oxygens (including phenoxy) is 1. The SMILES string of the molecule is CCOC(=O)N1CCN(c2cc(Nc3ccc(C#N)cc3)ncn2)CC1. The summed E-state index contributed by atoms with van der Waals surface area (Å²) in [5, 5.41) is 12.1. The lowest BCUT2D eigenvalue weighted by Crippen LogP contribution is -2.49. The average Bonchev–Trinajstić information content (AvgIpc) is 2.69. The topological polar surface area (TPSA) is 94.4 Å².